The van der Waals surface area contributed by atoms with E-state index in [0.717, 1.165) is 6.42 Å². The molecule has 0 aromatic heterocycles. The van der Waals surface area contributed by atoms with Gasteiger partial charge in [0.1, 0.15) is 0 Å². The van der Waals surface area contributed by atoms with Gasteiger partial charge in [0.2, 0.25) is 11.8 Å². The van der Waals surface area contributed by atoms with Crippen molar-refractivity contribution in [3.05, 3.63) is 47.5 Å². The van der Waals surface area contributed by atoms with Crippen LogP contribution in [0.4, 0.5) is 13.2 Å². The van der Waals surface area contributed by atoms with Crippen LogP contribution in [0.5, 0.6) is 0 Å². The molecule has 4 N–H and O–H groups in total. The molecule has 1 aromatic carbocycles. The number of nitrogens with zero attached hydrogens (tertiary/aromatic N) is 1. The van der Waals surface area contributed by atoms with E-state index >= 15 is 0 Å². The van der Waals surface area contributed by atoms with Gasteiger partial charge < -0.3 is 21.1 Å². The fourth-order valence-electron chi connectivity index (χ4n) is 2.93. The van der Waals surface area contributed by atoms with Gasteiger partial charge in [-0.15, -0.1) is 0 Å². The van der Waals surface area contributed by atoms with Crippen molar-refractivity contribution in [3.63, 3.8) is 0 Å². The average molecular weight is 457 g/mol. The van der Waals surface area contributed by atoms with Crippen LogP contribution in [-0.2, 0) is 27.5 Å². The minimum Gasteiger partial charge on any atom is -0.475 e. The van der Waals surface area contributed by atoms with Crippen LogP contribution in [0.25, 0.3) is 0 Å². The fourth-order valence-corrected chi connectivity index (χ4v) is 2.93. The number of rotatable bonds is 5. The van der Waals surface area contributed by atoms with Crippen molar-refractivity contribution in [1.82, 2.24) is 10.2 Å². The number of hydrogen-bond acceptors (Lipinski definition) is 4. The number of carboxylic acids is 1. The minimum absolute atomic E-state index is 0.0209. The molecule has 1 aliphatic heterocycles. The third kappa shape index (κ3) is 9.51. The van der Waals surface area contributed by atoms with Crippen LogP contribution < -0.4 is 11.1 Å². The molecule has 0 aliphatic carbocycles. The van der Waals surface area contributed by atoms with E-state index in [-0.39, 0.29) is 23.3 Å². The predicted octanol–water partition coefficient (Wildman–Crippen LogP) is 2.99. The summed E-state index contributed by atoms with van der Waals surface area (Å²) < 4.78 is 31.7. The molecular weight excluding hydrogens is 427 g/mol. The number of fused-ring (bicyclic) bond motifs is 1. The van der Waals surface area contributed by atoms with Gasteiger partial charge in [-0.25, -0.2) is 4.79 Å². The molecule has 0 saturated heterocycles. The Morgan fingerprint density at radius 3 is 2.00 bits per heavy atom. The lowest BCUT2D eigenvalue weighted by molar-refractivity contribution is -0.192. The highest BCUT2D eigenvalue weighted by atomic mass is 19.4. The Hall–Kier alpha value is -2.88. The van der Waals surface area contributed by atoms with Gasteiger partial charge >= 0.3 is 12.1 Å². The van der Waals surface area contributed by atoms with E-state index in [9.17, 15) is 22.8 Å². The van der Waals surface area contributed by atoms with Gasteiger partial charge in [0, 0.05) is 25.2 Å². The molecule has 1 aromatic rings. The zero-order chi connectivity index (χ0) is 24.7. The average Bonchev–Trinajstić information content (AvgIpc) is 3.08. The van der Waals surface area contributed by atoms with E-state index in [1.165, 1.54) is 11.1 Å². The number of hydrogen-bond donors (Lipinski definition) is 3. The summed E-state index contributed by atoms with van der Waals surface area (Å²) in [7, 11) is 0. The maximum atomic E-state index is 12.5. The summed E-state index contributed by atoms with van der Waals surface area (Å²) >= 11 is 0. The molecule has 0 saturated carbocycles. The summed E-state index contributed by atoms with van der Waals surface area (Å²) in [6.45, 7) is 9.23. The maximum absolute atomic E-state index is 12.5. The monoisotopic (exact) mass is 457 g/mol. The summed E-state index contributed by atoms with van der Waals surface area (Å²) in [5, 5.41) is 10.0. The summed E-state index contributed by atoms with van der Waals surface area (Å²) in [4.78, 5) is 35.1. The Balaban J connectivity index is 0.000000633. The standard InChI is InChI=1S/C20H29N3O2.C2HF3O2/c1-14(21)19(25)22-17(11-20(2,3)4)9-10-18(24)23-12-15-7-5-6-8-16(15)13-23;3-2(4,5)1(6)7/h5-10,14,17H,11-13,21H2,1-4H3,(H,22,25);(H,6,7)/b10-9+;/t14-,17+;/m0./s1. The Morgan fingerprint density at radius 2 is 1.62 bits per heavy atom. The molecule has 0 spiro atoms. The van der Waals surface area contributed by atoms with Crippen LogP contribution in [0.3, 0.4) is 0 Å². The highest BCUT2D eigenvalue weighted by molar-refractivity contribution is 5.88. The smallest absolute Gasteiger partial charge is 0.475 e. The first-order chi connectivity index (χ1) is 14.6. The van der Waals surface area contributed by atoms with Crippen LogP contribution in [0.15, 0.2) is 36.4 Å². The second-order valence-corrected chi connectivity index (χ2v) is 8.79. The van der Waals surface area contributed by atoms with Gasteiger partial charge in [-0.05, 0) is 29.9 Å². The quantitative estimate of drug-likeness (QED) is 0.589. The lowest BCUT2D eigenvalue weighted by atomic mass is 9.88. The number of benzene rings is 1. The molecule has 0 unspecified atom stereocenters. The highest BCUT2D eigenvalue weighted by Gasteiger charge is 2.38. The van der Waals surface area contributed by atoms with Crippen LogP contribution in [-0.4, -0.2) is 46.1 Å². The molecule has 1 aliphatic rings. The molecule has 7 nitrogen and oxygen atoms in total. The topological polar surface area (TPSA) is 113 Å². The number of amides is 2. The molecule has 2 atom stereocenters. The molecule has 10 heteroatoms. The van der Waals surface area contributed by atoms with E-state index < -0.39 is 18.2 Å². The molecule has 0 fully saturated rings. The second kappa shape index (κ2) is 11.1. The predicted molar refractivity (Wildman–Crippen MR) is 113 cm³/mol. The van der Waals surface area contributed by atoms with Gasteiger partial charge in [0.15, 0.2) is 0 Å². The zero-order valence-corrected chi connectivity index (χ0v) is 18.6. The van der Waals surface area contributed by atoms with Gasteiger partial charge in [-0.3, -0.25) is 9.59 Å². The van der Waals surface area contributed by atoms with Crippen molar-refractivity contribution < 1.29 is 32.7 Å². The SMILES string of the molecule is C[C@H](N)C(=O)N[C@H](/C=C/C(=O)N1Cc2ccccc2C1)CC(C)(C)C.O=C(O)C(F)(F)F. The summed E-state index contributed by atoms with van der Waals surface area (Å²) in [6, 6.07) is 7.30. The molecule has 2 amide bonds. The Morgan fingerprint density at radius 1 is 1.16 bits per heavy atom. The number of aliphatic carboxylic acids is 1. The molecule has 0 radical (unpaired) electrons. The summed E-state index contributed by atoms with van der Waals surface area (Å²) in [5.41, 5.74) is 8.05. The van der Waals surface area contributed by atoms with E-state index in [1.54, 1.807) is 19.1 Å². The number of carbonyl (C=O) groups excluding carboxylic acids is 2. The Labute approximate surface area is 185 Å². The van der Waals surface area contributed by atoms with Gasteiger partial charge in [-0.2, -0.15) is 13.2 Å². The summed E-state index contributed by atoms with van der Waals surface area (Å²) in [5.74, 6) is -3.00. The number of carboxylic acid groups (broad SMARTS) is 1. The van der Waals surface area contributed by atoms with Crippen LogP contribution in [0.2, 0.25) is 0 Å². The van der Waals surface area contributed by atoms with Crippen molar-refractivity contribution in [2.75, 3.05) is 0 Å². The largest absolute Gasteiger partial charge is 0.490 e. The van der Waals surface area contributed by atoms with Gasteiger partial charge in [0.25, 0.3) is 0 Å². The number of nitrogens with one attached hydrogen (secondary N) is 1. The first-order valence-electron chi connectivity index (χ1n) is 10.00. The molecule has 178 valence electrons. The third-order valence-electron chi connectivity index (χ3n) is 4.44. The normalized spacial score (nSPS) is 15.4. The molecule has 32 heavy (non-hydrogen) atoms. The van der Waals surface area contributed by atoms with Crippen LogP contribution >= 0.6 is 0 Å². The Bertz CT molecular complexity index is 821. The number of halogens is 3. The number of carbonyl (C=O) groups is 3. The first kappa shape index (κ1) is 27.2. The maximum Gasteiger partial charge on any atom is 0.490 e. The molecule has 0 bridgehead atoms. The number of nitrogens with two attached hydrogens (primary N) is 1. The lowest BCUT2D eigenvalue weighted by Crippen LogP contribution is -2.44. The van der Waals surface area contributed by atoms with Crippen molar-refractivity contribution in [1.29, 1.82) is 0 Å². The first-order valence-corrected chi connectivity index (χ1v) is 10.00. The zero-order valence-electron chi connectivity index (χ0n) is 18.6. The van der Waals surface area contributed by atoms with Crippen LogP contribution in [0.1, 0.15) is 45.2 Å². The molecule has 1 heterocycles. The van der Waals surface area contributed by atoms with E-state index in [2.05, 4.69) is 38.2 Å². The van der Waals surface area contributed by atoms with Gasteiger partial charge in [-0.1, -0.05) is 51.1 Å². The van der Waals surface area contributed by atoms with E-state index in [4.69, 9.17) is 15.6 Å². The third-order valence-corrected chi connectivity index (χ3v) is 4.44. The van der Waals surface area contributed by atoms with E-state index in [1.807, 2.05) is 17.0 Å². The van der Waals surface area contributed by atoms with E-state index in [0.29, 0.717) is 13.1 Å². The van der Waals surface area contributed by atoms with Crippen molar-refractivity contribution in [2.24, 2.45) is 11.1 Å². The van der Waals surface area contributed by atoms with Crippen molar-refractivity contribution in [2.45, 2.75) is 65.5 Å². The van der Waals surface area contributed by atoms with Crippen molar-refractivity contribution in [3.8, 4) is 0 Å². The Kier molecular flexibility index (Phi) is 9.44. The fraction of sp³-hybridized carbons (Fsp3) is 0.500. The lowest BCUT2D eigenvalue weighted by Gasteiger charge is -2.25. The molecular formula is C22H30F3N3O4. The van der Waals surface area contributed by atoms with Crippen LogP contribution in [0, 0.1) is 5.41 Å². The molecule has 2 rings (SSSR count). The van der Waals surface area contributed by atoms with Crippen molar-refractivity contribution >= 4 is 17.8 Å². The number of alkyl halides is 3. The highest BCUT2D eigenvalue weighted by Crippen LogP contribution is 2.23. The minimum atomic E-state index is -5.08. The van der Waals surface area contributed by atoms with Gasteiger partial charge in [0.05, 0.1) is 6.04 Å². The second-order valence-electron chi connectivity index (χ2n) is 8.79. The summed E-state index contributed by atoms with van der Waals surface area (Å²) in [6.07, 6.45) is -0.990.